The van der Waals surface area contributed by atoms with Crippen LogP contribution < -0.4 is 15.5 Å². The first-order valence-corrected chi connectivity index (χ1v) is 9.93. The molecule has 5 nitrogen and oxygen atoms in total. The van der Waals surface area contributed by atoms with E-state index in [1.807, 2.05) is 49.4 Å². The molecule has 0 bridgehead atoms. The van der Waals surface area contributed by atoms with Gasteiger partial charge < -0.3 is 15.5 Å². The van der Waals surface area contributed by atoms with Gasteiger partial charge in [-0.05, 0) is 62.7 Å². The van der Waals surface area contributed by atoms with Gasteiger partial charge in [-0.2, -0.15) is 0 Å². The second-order valence-corrected chi connectivity index (χ2v) is 7.15. The molecule has 0 saturated heterocycles. The first kappa shape index (κ1) is 21.0. The summed E-state index contributed by atoms with van der Waals surface area (Å²) < 4.78 is 0.907. The summed E-state index contributed by atoms with van der Waals surface area (Å²) in [5.41, 5.74) is 3.45. The van der Waals surface area contributed by atoms with Crippen LogP contribution in [0.5, 0.6) is 0 Å². The molecule has 0 fully saturated rings. The molecule has 2 aromatic rings. The number of benzene rings is 2. The molecule has 0 aromatic heterocycles. The van der Waals surface area contributed by atoms with Gasteiger partial charge in [0.2, 0.25) is 5.91 Å². The van der Waals surface area contributed by atoms with E-state index >= 15 is 0 Å². The Morgan fingerprint density at radius 1 is 1.04 bits per heavy atom. The first-order valence-electron chi connectivity index (χ1n) is 9.13. The van der Waals surface area contributed by atoms with Crippen LogP contribution in [0.2, 0.25) is 0 Å². The summed E-state index contributed by atoms with van der Waals surface area (Å²) >= 11 is 3.40. The maximum Gasteiger partial charge on any atom is 0.251 e. The molecule has 144 valence electrons. The second kappa shape index (κ2) is 10.1. The molecule has 0 saturated carbocycles. The van der Waals surface area contributed by atoms with Gasteiger partial charge in [0.25, 0.3) is 5.91 Å². The lowest BCUT2D eigenvalue weighted by Crippen LogP contribution is -2.28. The summed E-state index contributed by atoms with van der Waals surface area (Å²) in [5, 5.41) is 5.67. The van der Waals surface area contributed by atoms with Crippen molar-refractivity contribution in [2.75, 3.05) is 29.9 Å². The number of hydrogen-bond donors (Lipinski definition) is 2. The van der Waals surface area contributed by atoms with Gasteiger partial charge in [-0.3, -0.25) is 9.59 Å². The number of nitrogens with zero attached hydrogens (tertiary/aromatic N) is 1. The fourth-order valence-electron chi connectivity index (χ4n) is 2.75. The van der Waals surface area contributed by atoms with Crippen LogP contribution in [0.25, 0.3) is 0 Å². The average molecular weight is 432 g/mol. The van der Waals surface area contributed by atoms with Crippen molar-refractivity contribution < 1.29 is 9.59 Å². The first-order chi connectivity index (χ1) is 12.9. The van der Waals surface area contributed by atoms with Gasteiger partial charge >= 0.3 is 0 Å². The summed E-state index contributed by atoms with van der Waals surface area (Å²) in [6.07, 6.45) is 0.217. The number of halogens is 1. The molecule has 0 heterocycles. The zero-order chi connectivity index (χ0) is 19.8. The molecule has 27 heavy (non-hydrogen) atoms. The highest BCUT2D eigenvalue weighted by atomic mass is 79.9. The molecule has 0 aliphatic rings. The lowest BCUT2D eigenvalue weighted by molar-refractivity contribution is -0.116. The number of rotatable bonds is 8. The topological polar surface area (TPSA) is 61.4 Å². The monoisotopic (exact) mass is 431 g/mol. The average Bonchev–Trinajstić information content (AvgIpc) is 2.66. The minimum absolute atomic E-state index is 0.131. The summed E-state index contributed by atoms with van der Waals surface area (Å²) in [4.78, 5) is 26.6. The number of hydrogen-bond acceptors (Lipinski definition) is 3. The zero-order valence-electron chi connectivity index (χ0n) is 16.0. The number of carbonyl (C=O) groups is 2. The number of amides is 2. The normalized spacial score (nSPS) is 10.4. The summed E-state index contributed by atoms with van der Waals surface area (Å²) in [6, 6.07) is 13.3. The van der Waals surface area contributed by atoms with Gasteiger partial charge in [-0.25, -0.2) is 0 Å². The van der Waals surface area contributed by atoms with E-state index in [0.29, 0.717) is 5.56 Å². The highest BCUT2D eigenvalue weighted by molar-refractivity contribution is 9.10. The molecule has 2 N–H and O–H groups in total. The van der Waals surface area contributed by atoms with Crippen LogP contribution in [0.4, 0.5) is 11.4 Å². The van der Waals surface area contributed by atoms with Gasteiger partial charge in [-0.1, -0.05) is 22.0 Å². The van der Waals surface area contributed by atoms with Crippen molar-refractivity contribution in [3.63, 3.8) is 0 Å². The van der Waals surface area contributed by atoms with E-state index in [-0.39, 0.29) is 24.8 Å². The Bertz CT molecular complexity index is 787. The van der Waals surface area contributed by atoms with Crippen molar-refractivity contribution in [1.82, 2.24) is 5.32 Å². The molecule has 0 aliphatic heterocycles. The van der Waals surface area contributed by atoms with Crippen molar-refractivity contribution in [2.45, 2.75) is 27.2 Å². The largest absolute Gasteiger partial charge is 0.372 e. The quantitative estimate of drug-likeness (QED) is 0.652. The standard InChI is InChI=1S/C21H26BrN3O2/c1-4-25(5-2)18-10-7-16(8-11-18)21(27)23-13-12-20(26)24-19-14-17(22)9-6-15(19)3/h6-11,14H,4-5,12-13H2,1-3H3,(H,23,27)(H,24,26). The lowest BCUT2D eigenvalue weighted by atomic mass is 10.1. The Kier molecular flexibility index (Phi) is 7.85. The van der Waals surface area contributed by atoms with E-state index in [1.54, 1.807) is 0 Å². The van der Waals surface area contributed by atoms with Gasteiger partial charge in [0.1, 0.15) is 0 Å². The fraction of sp³-hybridized carbons (Fsp3) is 0.333. The molecule has 2 aromatic carbocycles. The maximum absolute atomic E-state index is 12.2. The summed E-state index contributed by atoms with van der Waals surface area (Å²) in [5.74, 6) is -0.305. The Balaban J connectivity index is 1.83. The minimum atomic E-state index is -0.174. The van der Waals surface area contributed by atoms with Crippen molar-refractivity contribution in [3.05, 3.63) is 58.1 Å². The van der Waals surface area contributed by atoms with Gasteiger partial charge in [-0.15, -0.1) is 0 Å². The predicted octanol–water partition coefficient (Wildman–Crippen LogP) is 4.36. The predicted molar refractivity (Wildman–Crippen MR) is 114 cm³/mol. The molecule has 2 amide bonds. The SMILES string of the molecule is CCN(CC)c1ccc(C(=O)NCCC(=O)Nc2cc(Br)ccc2C)cc1. The van der Waals surface area contributed by atoms with Crippen LogP contribution in [0.15, 0.2) is 46.9 Å². The second-order valence-electron chi connectivity index (χ2n) is 6.23. The van der Waals surface area contributed by atoms with E-state index in [9.17, 15) is 9.59 Å². The van der Waals surface area contributed by atoms with Gasteiger partial charge in [0, 0.05) is 47.5 Å². The van der Waals surface area contributed by atoms with Crippen LogP contribution in [0.1, 0.15) is 36.2 Å². The van der Waals surface area contributed by atoms with Crippen LogP contribution in [-0.2, 0) is 4.79 Å². The van der Waals surface area contributed by atoms with E-state index in [4.69, 9.17) is 0 Å². The third-order valence-electron chi connectivity index (χ3n) is 4.37. The van der Waals surface area contributed by atoms with Gasteiger partial charge in [0.05, 0.1) is 0 Å². The lowest BCUT2D eigenvalue weighted by Gasteiger charge is -2.21. The maximum atomic E-state index is 12.2. The molecule has 0 atom stereocenters. The van der Waals surface area contributed by atoms with Crippen molar-refractivity contribution in [1.29, 1.82) is 0 Å². The smallest absolute Gasteiger partial charge is 0.251 e. The zero-order valence-corrected chi connectivity index (χ0v) is 17.6. The van der Waals surface area contributed by atoms with Crippen molar-refractivity contribution >= 4 is 39.1 Å². The summed E-state index contributed by atoms with van der Waals surface area (Å²) in [7, 11) is 0. The Morgan fingerprint density at radius 3 is 2.33 bits per heavy atom. The summed E-state index contributed by atoms with van der Waals surface area (Å²) in [6.45, 7) is 8.28. The molecule has 0 spiro atoms. The van der Waals surface area contributed by atoms with E-state index in [1.165, 1.54) is 0 Å². The van der Waals surface area contributed by atoms with E-state index in [0.717, 1.165) is 34.5 Å². The third kappa shape index (κ3) is 6.10. The van der Waals surface area contributed by atoms with E-state index < -0.39 is 0 Å². The highest BCUT2D eigenvalue weighted by Crippen LogP contribution is 2.20. The Labute approximate surface area is 169 Å². The fourth-order valence-corrected chi connectivity index (χ4v) is 3.11. The molecule has 2 rings (SSSR count). The van der Waals surface area contributed by atoms with Crippen LogP contribution in [-0.4, -0.2) is 31.4 Å². The number of anilines is 2. The number of nitrogens with one attached hydrogen (secondary N) is 2. The number of aryl methyl sites for hydroxylation is 1. The van der Waals surface area contributed by atoms with Crippen molar-refractivity contribution in [2.24, 2.45) is 0 Å². The van der Waals surface area contributed by atoms with E-state index in [2.05, 4.69) is 45.3 Å². The molecule has 6 heteroatoms. The van der Waals surface area contributed by atoms with Crippen LogP contribution >= 0.6 is 15.9 Å². The number of carbonyl (C=O) groups excluding carboxylic acids is 2. The van der Waals surface area contributed by atoms with Crippen LogP contribution in [0.3, 0.4) is 0 Å². The van der Waals surface area contributed by atoms with Crippen molar-refractivity contribution in [3.8, 4) is 0 Å². The molecule has 0 aliphatic carbocycles. The van der Waals surface area contributed by atoms with Crippen LogP contribution in [0, 0.1) is 6.92 Å². The Hall–Kier alpha value is -2.34. The molecule has 0 unspecified atom stereocenters. The van der Waals surface area contributed by atoms with Gasteiger partial charge in [0.15, 0.2) is 0 Å². The molecule has 0 radical (unpaired) electrons. The highest BCUT2D eigenvalue weighted by Gasteiger charge is 2.09. The molecular weight excluding hydrogens is 406 g/mol. The molecular formula is C21H26BrN3O2. The third-order valence-corrected chi connectivity index (χ3v) is 4.86. The Morgan fingerprint density at radius 2 is 1.70 bits per heavy atom. The minimum Gasteiger partial charge on any atom is -0.372 e.